The van der Waals surface area contributed by atoms with Gasteiger partial charge in [-0.2, -0.15) is 0 Å². The maximum Gasteiger partial charge on any atom is 0.163 e. The molecule has 1 nitrogen and oxygen atoms in total. The lowest BCUT2D eigenvalue weighted by atomic mass is 9.85. The molecule has 0 N–H and O–H groups in total. The van der Waals surface area contributed by atoms with Crippen LogP contribution in [0, 0.1) is 5.41 Å². The van der Waals surface area contributed by atoms with Gasteiger partial charge in [0.15, 0.2) is 5.78 Å². The monoisotopic (exact) mass is 154 g/mol. The van der Waals surface area contributed by atoms with Crippen LogP contribution in [0.1, 0.15) is 41.0 Å². The van der Waals surface area contributed by atoms with E-state index >= 15 is 0 Å². The molecule has 0 saturated heterocycles. The topological polar surface area (TPSA) is 17.1 Å². The fourth-order valence-electron chi connectivity index (χ4n) is 0.977. The van der Waals surface area contributed by atoms with Crippen molar-refractivity contribution in [1.82, 2.24) is 0 Å². The molecule has 0 aliphatic carbocycles. The molecule has 0 radical (unpaired) electrons. The lowest BCUT2D eigenvalue weighted by Gasteiger charge is -2.17. The third-order valence-corrected chi connectivity index (χ3v) is 1.70. The van der Waals surface area contributed by atoms with Gasteiger partial charge in [-0.25, -0.2) is 0 Å². The zero-order chi connectivity index (χ0) is 9.07. The van der Waals surface area contributed by atoms with Crippen molar-refractivity contribution in [3.63, 3.8) is 0 Å². The largest absolute Gasteiger partial charge is 0.294 e. The van der Waals surface area contributed by atoms with Gasteiger partial charge >= 0.3 is 0 Å². The Morgan fingerprint density at radius 1 is 1.36 bits per heavy atom. The van der Waals surface area contributed by atoms with Gasteiger partial charge in [-0.05, 0) is 18.9 Å². The molecule has 0 spiro atoms. The lowest BCUT2D eigenvalue weighted by Crippen LogP contribution is -2.21. The average Bonchev–Trinajstić information content (AvgIpc) is 1.88. The van der Waals surface area contributed by atoms with Crippen molar-refractivity contribution < 1.29 is 4.79 Å². The van der Waals surface area contributed by atoms with Crippen LogP contribution in [0.15, 0.2) is 11.6 Å². The van der Waals surface area contributed by atoms with Gasteiger partial charge in [0, 0.05) is 5.41 Å². The Kier molecular flexibility index (Phi) is 3.50. The Bertz CT molecular complexity index is 170. The minimum absolute atomic E-state index is 0.224. The second kappa shape index (κ2) is 3.70. The molecule has 0 aromatic heterocycles. The summed E-state index contributed by atoms with van der Waals surface area (Å²) < 4.78 is 0. The Morgan fingerprint density at radius 3 is 1.91 bits per heavy atom. The third kappa shape index (κ3) is 2.87. The molecule has 0 bridgehead atoms. The number of allylic oxidation sites excluding steroid dienone is 2. The molecule has 11 heavy (non-hydrogen) atoms. The van der Waals surface area contributed by atoms with E-state index in [1.807, 2.05) is 40.7 Å². The molecule has 0 fully saturated rings. The predicted molar refractivity (Wildman–Crippen MR) is 48.5 cm³/mol. The first-order chi connectivity index (χ1) is 4.93. The van der Waals surface area contributed by atoms with Crippen molar-refractivity contribution in [3.05, 3.63) is 11.6 Å². The normalized spacial score (nSPS) is 13.4. The quantitative estimate of drug-likeness (QED) is 0.559. The van der Waals surface area contributed by atoms with E-state index in [9.17, 15) is 4.79 Å². The Labute approximate surface area is 69.5 Å². The number of rotatable bonds is 2. The first kappa shape index (κ1) is 10.4. The van der Waals surface area contributed by atoms with Gasteiger partial charge in [-0.1, -0.05) is 33.8 Å². The summed E-state index contributed by atoms with van der Waals surface area (Å²) in [6, 6.07) is 0. The van der Waals surface area contributed by atoms with E-state index in [2.05, 4.69) is 0 Å². The van der Waals surface area contributed by atoms with Gasteiger partial charge in [-0.15, -0.1) is 0 Å². The van der Waals surface area contributed by atoms with Gasteiger partial charge in [0.25, 0.3) is 0 Å². The van der Waals surface area contributed by atoms with Crippen LogP contribution < -0.4 is 0 Å². The van der Waals surface area contributed by atoms with E-state index in [-0.39, 0.29) is 11.2 Å². The van der Waals surface area contributed by atoms with Crippen molar-refractivity contribution in [2.75, 3.05) is 0 Å². The Hall–Kier alpha value is -0.590. The molecule has 0 unspecified atom stereocenters. The molecule has 0 rings (SSSR count). The van der Waals surface area contributed by atoms with Crippen LogP contribution in [0.5, 0.6) is 0 Å². The van der Waals surface area contributed by atoms with Crippen molar-refractivity contribution in [1.29, 1.82) is 0 Å². The first-order valence-electron chi connectivity index (χ1n) is 4.13. The van der Waals surface area contributed by atoms with Crippen LogP contribution in [0.4, 0.5) is 0 Å². The van der Waals surface area contributed by atoms with Gasteiger partial charge in [0.2, 0.25) is 0 Å². The summed E-state index contributed by atoms with van der Waals surface area (Å²) in [6.45, 7) is 9.79. The number of Topliss-reactive ketones (excluding diaryl/α,β-unsaturated/α-hetero) is 1. The van der Waals surface area contributed by atoms with Crippen LogP contribution >= 0.6 is 0 Å². The molecule has 0 amide bonds. The number of carbonyl (C=O) groups excluding carboxylic acids is 1. The highest BCUT2D eigenvalue weighted by atomic mass is 16.1. The number of carbonyl (C=O) groups is 1. The SMILES string of the molecule is C/C=C(/CC)C(=O)C(C)(C)C. The number of hydrogen-bond donors (Lipinski definition) is 0. The average molecular weight is 154 g/mol. The fourth-order valence-corrected chi connectivity index (χ4v) is 0.977. The second-order valence-corrected chi connectivity index (χ2v) is 3.75. The maximum absolute atomic E-state index is 11.6. The van der Waals surface area contributed by atoms with Crippen LogP contribution in [-0.4, -0.2) is 5.78 Å². The highest BCUT2D eigenvalue weighted by Crippen LogP contribution is 2.21. The molecule has 0 aromatic carbocycles. The maximum atomic E-state index is 11.6. The zero-order valence-electron chi connectivity index (χ0n) is 8.19. The fraction of sp³-hybridized carbons (Fsp3) is 0.700. The van der Waals surface area contributed by atoms with E-state index in [1.54, 1.807) is 0 Å². The minimum atomic E-state index is -0.224. The predicted octanol–water partition coefficient (Wildman–Crippen LogP) is 2.96. The van der Waals surface area contributed by atoms with Gasteiger partial charge in [0.05, 0.1) is 0 Å². The third-order valence-electron chi connectivity index (χ3n) is 1.70. The summed E-state index contributed by atoms with van der Waals surface area (Å²) in [5, 5.41) is 0. The zero-order valence-corrected chi connectivity index (χ0v) is 8.19. The van der Waals surface area contributed by atoms with E-state index in [4.69, 9.17) is 0 Å². The lowest BCUT2D eigenvalue weighted by molar-refractivity contribution is -0.122. The minimum Gasteiger partial charge on any atom is -0.294 e. The molecule has 0 saturated carbocycles. The Balaban J connectivity index is 4.49. The van der Waals surface area contributed by atoms with Crippen molar-refractivity contribution in [3.8, 4) is 0 Å². The van der Waals surface area contributed by atoms with Gasteiger partial charge in [-0.3, -0.25) is 4.79 Å². The van der Waals surface area contributed by atoms with Gasteiger partial charge < -0.3 is 0 Å². The summed E-state index contributed by atoms with van der Waals surface area (Å²) in [5.41, 5.74) is 0.718. The van der Waals surface area contributed by atoms with Crippen molar-refractivity contribution in [2.45, 2.75) is 41.0 Å². The summed E-state index contributed by atoms with van der Waals surface area (Å²) in [5.74, 6) is 0.266. The number of ketones is 1. The summed E-state index contributed by atoms with van der Waals surface area (Å²) in [4.78, 5) is 11.6. The van der Waals surface area contributed by atoms with Crippen molar-refractivity contribution >= 4 is 5.78 Å². The van der Waals surface area contributed by atoms with E-state index in [1.165, 1.54) is 0 Å². The standard InChI is InChI=1S/C10H18O/c1-6-8(7-2)9(11)10(3,4)5/h6H,7H2,1-5H3/b8-6-. The second-order valence-electron chi connectivity index (χ2n) is 3.75. The molecule has 0 aliphatic rings. The molecule has 0 heterocycles. The number of hydrogen-bond acceptors (Lipinski definition) is 1. The molecule has 1 heteroatoms. The molecular formula is C10H18O. The molecule has 0 aliphatic heterocycles. The smallest absolute Gasteiger partial charge is 0.163 e. The van der Waals surface area contributed by atoms with Crippen LogP contribution in [0.2, 0.25) is 0 Å². The first-order valence-corrected chi connectivity index (χ1v) is 4.13. The van der Waals surface area contributed by atoms with E-state index in [0.717, 1.165) is 12.0 Å². The summed E-state index contributed by atoms with van der Waals surface area (Å²) in [7, 11) is 0. The highest BCUT2D eigenvalue weighted by molar-refractivity contribution is 5.98. The van der Waals surface area contributed by atoms with Crippen molar-refractivity contribution in [2.24, 2.45) is 5.41 Å². The molecule has 0 aromatic rings. The Morgan fingerprint density at radius 2 is 1.82 bits per heavy atom. The van der Waals surface area contributed by atoms with Crippen LogP contribution in [0.3, 0.4) is 0 Å². The summed E-state index contributed by atoms with van der Waals surface area (Å²) in [6.07, 6.45) is 2.75. The van der Waals surface area contributed by atoms with E-state index in [0.29, 0.717) is 0 Å². The molecule has 0 atom stereocenters. The molecule has 64 valence electrons. The van der Waals surface area contributed by atoms with Crippen LogP contribution in [0.25, 0.3) is 0 Å². The van der Waals surface area contributed by atoms with Gasteiger partial charge in [0.1, 0.15) is 0 Å². The summed E-state index contributed by atoms with van der Waals surface area (Å²) >= 11 is 0. The van der Waals surface area contributed by atoms with Crippen LogP contribution in [-0.2, 0) is 4.79 Å². The highest BCUT2D eigenvalue weighted by Gasteiger charge is 2.22. The van der Waals surface area contributed by atoms with E-state index < -0.39 is 0 Å². The molecular weight excluding hydrogens is 136 g/mol.